The number of aliphatic imine (C=N–C) groups is 1. The molecule has 56 heavy (non-hydrogen) atoms. The van der Waals surface area contributed by atoms with Gasteiger partial charge in [-0.15, -0.1) is 0 Å². The van der Waals surface area contributed by atoms with Crippen LogP contribution in [0.1, 0.15) is 22.9 Å². The number of hydrogen-bond donors (Lipinski definition) is 1. The topological polar surface area (TPSA) is 42.5 Å². The van der Waals surface area contributed by atoms with Gasteiger partial charge in [-0.2, -0.15) is 0 Å². The first-order chi connectivity index (χ1) is 27.7. The molecule has 4 heteroatoms. The van der Waals surface area contributed by atoms with Gasteiger partial charge in [0.2, 0.25) is 0 Å². The zero-order chi connectivity index (χ0) is 37.0. The van der Waals surface area contributed by atoms with Gasteiger partial charge in [0, 0.05) is 44.1 Å². The Morgan fingerprint density at radius 3 is 1.86 bits per heavy atom. The van der Waals surface area contributed by atoms with E-state index in [1.54, 1.807) is 0 Å². The standard InChI is InChI=1S/C52H35N3O/c1-4-14-34(15-5-1)35-24-26-36(27-25-35)44-31-40(32-45-43-21-11-13-23-50(43)56-51(44)45)55-48-22-12-10-20-41(48)42-29-28-39(30-49(42)55)47-33-46(37-16-6-2-7-17-37)53-52(54-47)38-18-8-3-9-19-38/h1-33,52-53H. The lowest BCUT2D eigenvalue weighted by atomic mass is 9.98. The second-order valence-corrected chi connectivity index (χ2v) is 14.4. The van der Waals surface area contributed by atoms with Crippen molar-refractivity contribution in [2.75, 3.05) is 0 Å². The third-order valence-electron chi connectivity index (χ3n) is 11.0. The van der Waals surface area contributed by atoms with E-state index in [4.69, 9.17) is 9.41 Å². The van der Waals surface area contributed by atoms with Crippen molar-refractivity contribution < 1.29 is 4.42 Å². The molecular weight excluding hydrogens is 683 g/mol. The molecule has 0 fully saturated rings. The summed E-state index contributed by atoms with van der Waals surface area (Å²) in [4.78, 5) is 5.32. The van der Waals surface area contributed by atoms with Crippen LogP contribution in [-0.2, 0) is 0 Å². The van der Waals surface area contributed by atoms with Crippen molar-refractivity contribution in [1.29, 1.82) is 0 Å². The molecule has 1 aliphatic rings. The molecular formula is C52H35N3O. The van der Waals surface area contributed by atoms with Gasteiger partial charge >= 0.3 is 0 Å². The maximum Gasteiger partial charge on any atom is 0.145 e. The second kappa shape index (κ2) is 13.2. The Morgan fingerprint density at radius 2 is 1.07 bits per heavy atom. The minimum absolute atomic E-state index is 0.222. The van der Waals surface area contributed by atoms with Crippen LogP contribution in [0.2, 0.25) is 0 Å². The third-order valence-corrected chi connectivity index (χ3v) is 11.0. The lowest BCUT2D eigenvalue weighted by molar-refractivity contribution is 0.664. The quantitative estimate of drug-likeness (QED) is 0.186. The Labute approximate surface area is 324 Å². The van der Waals surface area contributed by atoms with Crippen molar-refractivity contribution in [3.63, 3.8) is 0 Å². The van der Waals surface area contributed by atoms with Crippen molar-refractivity contribution in [1.82, 2.24) is 9.88 Å². The number of allylic oxidation sites excluding steroid dienone is 1. The van der Waals surface area contributed by atoms with Gasteiger partial charge in [0.25, 0.3) is 0 Å². The summed E-state index contributed by atoms with van der Waals surface area (Å²) < 4.78 is 9.07. The summed E-state index contributed by atoms with van der Waals surface area (Å²) in [5, 5.41) is 8.29. The van der Waals surface area contributed by atoms with Gasteiger partial charge in [0.05, 0.1) is 16.7 Å². The van der Waals surface area contributed by atoms with Crippen molar-refractivity contribution in [3.8, 4) is 27.9 Å². The fraction of sp³-hybridized carbons (Fsp3) is 0.0192. The first-order valence-corrected chi connectivity index (χ1v) is 19.1. The molecule has 1 atom stereocenters. The van der Waals surface area contributed by atoms with Crippen LogP contribution < -0.4 is 5.32 Å². The number of benzene rings is 8. The molecule has 0 saturated carbocycles. The molecule has 4 nitrogen and oxygen atoms in total. The van der Waals surface area contributed by atoms with Crippen LogP contribution in [-0.4, -0.2) is 10.3 Å². The van der Waals surface area contributed by atoms with Gasteiger partial charge < -0.3 is 14.3 Å². The van der Waals surface area contributed by atoms with Crippen LogP contribution in [0.4, 0.5) is 0 Å². The van der Waals surface area contributed by atoms with Crippen LogP contribution >= 0.6 is 0 Å². The average Bonchev–Trinajstić information content (AvgIpc) is 3.82. The van der Waals surface area contributed by atoms with E-state index in [0.717, 1.165) is 77.9 Å². The van der Waals surface area contributed by atoms with Crippen molar-refractivity contribution >= 4 is 55.2 Å². The molecule has 0 aliphatic carbocycles. The Bertz CT molecular complexity index is 3140. The highest BCUT2D eigenvalue weighted by Crippen LogP contribution is 2.41. The normalized spacial score (nSPS) is 14.2. The maximum atomic E-state index is 6.65. The van der Waals surface area contributed by atoms with E-state index in [1.165, 1.54) is 21.9 Å². The Hall–Kier alpha value is -7.43. The zero-order valence-corrected chi connectivity index (χ0v) is 30.4. The van der Waals surface area contributed by atoms with Crippen LogP contribution in [0.25, 0.3) is 77.4 Å². The summed E-state index contributed by atoms with van der Waals surface area (Å²) in [7, 11) is 0. The Balaban J connectivity index is 1.13. The highest BCUT2D eigenvalue weighted by atomic mass is 16.3. The molecule has 8 aromatic carbocycles. The zero-order valence-electron chi connectivity index (χ0n) is 30.4. The largest absolute Gasteiger partial charge is 0.455 e. The number of hydrogen-bond acceptors (Lipinski definition) is 3. The van der Waals surface area contributed by atoms with E-state index in [2.05, 4.69) is 198 Å². The van der Waals surface area contributed by atoms with Crippen LogP contribution in [0.5, 0.6) is 0 Å². The molecule has 1 N–H and O–H groups in total. The molecule has 10 aromatic rings. The lowest BCUT2D eigenvalue weighted by Gasteiger charge is -2.25. The summed E-state index contributed by atoms with van der Waals surface area (Å²) in [5.41, 5.74) is 14.9. The summed E-state index contributed by atoms with van der Waals surface area (Å²) in [6.07, 6.45) is 1.96. The summed E-state index contributed by atoms with van der Waals surface area (Å²) >= 11 is 0. The molecule has 264 valence electrons. The Kier molecular flexibility index (Phi) is 7.52. The van der Waals surface area contributed by atoms with Gasteiger partial charge in [-0.05, 0) is 64.2 Å². The van der Waals surface area contributed by atoms with Crippen molar-refractivity contribution in [3.05, 3.63) is 217 Å². The first kappa shape index (κ1) is 32.0. The molecule has 0 spiro atoms. The number of nitrogens with zero attached hydrogens (tertiary/aromatic N) is 2. The first-order valence-electron chi connectivity index (χ1n) is 19.1. The van der Waals surface area contributed by atoms with E-state index in [1.807, 2.05) is 12.1 Å². The minimum atomic E-state index is -0.222. The van der Waals surface area contributed by atoms with E-state index in [9.17, 15) is 0 Å². The molecule has 11 rings (SSSR count). The van der Waals surface area contributed by atoms with E-state index >= 15 is 0 Å². The molecule has 0 bridgehead atoms. The maximum absolute atomic E-state index is 6.65. The lowest BCUT2D eigenvalue weighted by Crippen LogP contribution is -2.24. The number of furan rings is 1. The fourth-order valence-electron chi connectivity index (χ4n) is 8.31. The van der Waals surface area contributed by atoms with E-state index in [-0.39, 0.29) is 6.17 Å². The SMILES string of the molecule is C1=C(c2ccccc2)NC(c2ccccc2)N=C1c1ccc2c3ccccc3n(-c3cc(-c4ccc(-c5ccccc5)cc4)c4oc5ccccc5c4c3)c2c1. The predicted molar refractivity (Wildman–Crippen MR) is 232 cm³/mol. The molecule has 0 saturated heterocycles. The predicted octanol–water partition coefficient (Wildman–Crippen LogP) is 13.1. The van der Waals surface area contributed by atoms with Gasteiger partial charge in [-0.1, -0.05) is 164 Å². The Morgan fingerprint density at radius 1 is 0.464 bits per heavy atom. The van der Waals surface area contributed by atoms with Gasteiger partial charge in [0.1, 0.15) is 17.3 Å². The molecule has 1 aliphatic heterocycles. The third kappa shape index (κ3) is 5.42. The van der Waals surface area contributed by atoms with Crippen LogP contribution in [0, 0.1) is 0 Å². The molecule has 3 heterocycles. The highest BCUT2D eigenvalue weighted by molar-refractivity contribution is 6.17. The molecule has 2 aromatic heterocycles. The highest BCUT2D eigenvalue weighted by Gasteiger charge is 2.22. The van der Waals surface area contributed by atoms with Crippen LogP contribution in [0.15, 0.2) is 210 Å². The fourth-order valence-corrected chi connectivity index (χ4v) is 8.31. The second-order valence-electron chi connectivity index (χ2n) is 14.4. The van der Waals surface area contributed by atoms with E-state index < -0.39 is 0 Å². The van der Waals surface area contributed by atoms with Crippen LogP contribution in [0.3, 0.4) is 0 Å². The van der Waals surface area contributed by atoms with E-state index in [0.29, 0.717) is 0 Å². The number of rotatable bonds is 6. The minimum Gasteiger partial charge on any atom is -0.455 e. The van der Waals surface area contributed by atoms with Gasteiger partial charge in [0.15, 0.2) is 0 Å². The number of aromatic nitrogens is 1. The van der Waals surface area contributed by atoms with Gasteiger partial charge in [-0.25, -0.2) is 0 Å². The number of fused-ring (bicyclic) bond motifs is 6. The molecule has 0 amide bonds. The summed E-state index contributed by atoms with van der Waals surface area (Å²) in [5.74, 6) is 0. The summed E-state index contributed by atoms with van der Waals surface area (Å²) in [6, 6.07) is 68.8. The molecule has 1 unspecified atom stereocenters. The smallest absolute Gasteiger partial charge is 0.145 e. The summed E-state index contributed by atoms with van der Waals surface area (Å²) in [6.45, 7) is 0. The van der Waals surface area contributed by atoms with Gasteiger partial charge in [-0.3, -0.25) is 4.99 Å². The number of para-hydroxylation sites is 2. The average molecular weight is 718 g/mol. The van der Waals surface area contributed by atoms with Crippen molar-refractivity contribution in [2.45, 2.75) is 6.17 Å². The number of nitrogens with one attached hydrogen (secondary N) is 1. The monoisotopic (exact) mass is 717 g/mol. The van der Waals surface area contributed by atoms with Crippen molar-refractivity contribution in [2.24, 2.45) is 4.99 Å². The molecule has 0 radical (unpaired) electrons.